The highest BCUT2D eigenvalue weighted by Gasteiger charge is 2.32. The fourth-order valence-electron chi connectivity index (χ4n) is 12.6. The maximum absolute atomic E-state index is 13.9. The van der Waals surface area contributed by atoms with Gasteiger partial charge in [-0.15, -0.1) is 0 Å². The van der Waals surface area contributed by atoms with Gasteiger partial charge in [-0.05, 0) is 170 Å². The normalized spacial score (nSPS) is 11.6. The highest BCUT2D eigenvalue weighted by molar-refractivity contribution is 9.11. The van der Waals surface area contributed by atoms with Gasteiger partial charge in [-0.3, -0.25) is 37.4 Å². The standard InChI is InChI=1S/C22H11BrF5NO5S.3C20H15BrN2O5S/c1-33-15-9-11(23)3-5-14(15)29-13-6-4-12(8-10(13)2-7-16(29)30)35(31,32)34-22-20(27)18(25)17(24)19(26)21(22)28;3*1-27-19-11-14(21)3-5-18(19)23-17-6-4-16(10-13(17)2-7-20(23)24)29(25,26)12-15-8-9-28-22-15/h2-9H,1H3;3*2-11H,12H2,1H3. The van der Waals surface area contributed by atoms with Crippen LogP contribution in [-0.4, -0.2) is 95.8 Å². The fourth-order valence-corrected chi connectivity index (χ4v) is 18.7. The van der Waals surface area contributed by atoms with Crippen molar-refractivity contribution in [3.8, 4) is 51.5 Å². The summed E-state index contributed by atoms with van der Waals surface area (Å²) in [6.45, 7) is 0. The van der Waals surface area contributed by atoms with Gasteiger partial charge >= 0.3 is 10.1 Å². The van der Waals surface area contributed by atoms with E-state index in [4.69, 9.17) is 32.5 Å². The van der Waals surface area contributed by atoms with Crippen molar-refractivity contribution in [2.24, 2.45) is 0 Å². The molecule has 7 aromatic heterocycles. The summed E-state index contributed by atoms with van der Waals surface area (Å²) < 4.78 is 218. The number of benzene rings is 9. The Hall–Kier alpha value is -12.2. The van der Waals surface area contributed by atoms with Gasteiger partial charge in [0, 0.05) is 81.9 Å². The van der Waals surface area contributed by atoms with Crippen molar-refractivity contribution in [1.29, 1.82) is 0 Å². The van der Waals surface area contributed by atoms with Crippen molar-refractivity contribution in [1.82, 2.24) is 33.7 Å². The second-order valence-electron chi connectivity index (χ2n) is 25.9. The third kappa shape index (κ3) is 18.7. The number of aromatic nitrogens is 7. The van der Waals surface area contributed by atoms with Crippen LogP contribution in [0.3, 0.4) is 0 Å². The van der Waals surface area contributed by atoms with E-state index in [-0.39, 0.29) is 59.5 Å². The Kier molecular flexibility index (Phi) is 26.0. The van der Waals surface area contributed by atoms with Crippen molar-refractivity contribution in [2.75, 3.05) is 28.4 Å². The molecule has 7 heterocycles. The number of pyridine rings is 4. The summed E-state index contributed by atoms with van der Waals surface area (Å²) in [6, 6.07) is 53.9. The zero-order valence-electron chi connectivity index (χ0n) is 62.9. The van der Waals surface area contributed by atoms with E-state index in [0.29, 0.717) is 100 Å². The monoisotopic (exact) mass is 2000 g/mol. The van der Waals surface area contributed by atoms with Gasteiger partial charge in [-0.1, -0.05) is 79.2 Å². The van der Waals surface area contributed by atoms with Crippen molar-refractivity contribution in [3.05, 3.63) is 337 Å². The minimum Gasteiger partial charge on any atom is -0.495 e. The number of fused-ring (bicyclic) bond motifs is 4. The Morgan fingerprint density at radius 1 is 0.311 bits per heavy atom. The van der Waals surface area contributed by atoms with Crippen molar-refractivity contribution >= 4 is 147 Å². The van der Waals surface area contributed by atoms with E-state index < -0.39 is 84.9 Å². The second-order valence-corrected chi connectivity index (χ2v) is 37.0. The van der Waals surface area contributed by atoms with Gasteiger partial charge < -0.3 is 36.7 Å². The van der Waals surface area contributed by atoms with Crippen LogP contribution in [0.25, 0.3) is 66.4 Å². The second kappa shape index (κ2) is 36.2. The molecule has 0 bridgehead atoms. The van der Waals surface area contributed by atoms with Crippen LogP contribution >= 0.6 is 63.7 Å². The molecule has 40 heteroatoms. The lowest BCUT2D eigenvalue weighted by Gasteiger charge is -2.15. The summed E-state index contributed by atoms with van der Waals surface area (Å²) in [5, 5.41) is 13.0. The van der Waals surface area contributed by atoms with Crippen LogP contribution in [0, 0.1) is 29.1 Å². The van der Waals surface area contributed by atoms with Gasteiger partial charge in [0.1, 0.15) is 63.9 Å². The fraction of sp³-hybridized carbons (Fsp3) is 0.0854. The van der Waals surface area contributed by atoms with Crippen molar-refractivity contribution < 1.29 is 92.3 Å². The number of halogens is 9. The Morgan fingerprint density at radius 3 is 0.803 bits per heavy atom. The largest absolute Gasteiger partial charge is 0.495 e. The number of methoxy groups -OCH3 is 4. The molecule has 0 atom stereocenters. The molecule has 122 heavy (non-hydrogen) atoms. The van der Waals surface area contributed by atoms with Gasteiger partial charge in [0.25, 0.3) is 22.2 Å². The Balaban J connectivity index is 0.000000141. The highest BCUT2D eigenvalue weighted by atomic mass is 79.9. The molecule has 0 amide bonds. The third-order valence-electron chi connectivity index (χ3n) is 18.2. The van der Waals surface area contributed by atoms with Gasteiger partial charge in [-0.25, -0.2) is 38.4 Å². The van der Waals surface area contributed by atoms with Gasteiger partial charge in [0.15, 0.2) is 29.5 Å². The summed E-state index contributed by atoms with van der Waals surface area (Å²) in [6.07, 6.45) is 3.99. The maximum atomic E-state index is 13.9. The molecule has 27 nitrogen and oxygen atoms in total. The van der Waals surface area contributed by atoms with E-state index in [9.17, 15) is 74.8 Å². The predicted octanol–water partition coefficient (Wildman–Crippen LogP) is 16.4. The number of ether oxygens (including phenoxy) is 4. The topological polar surface area (TPSA) is 349 Å². The SMILES string of the molecule is COc1cc(Br)ccc1-n1c(=O)ccc2cc(S(=O)(=O)Cc3ccon3)ccc21.COc1cc(Br)ccc1-n1c(=O)ccc2cc(S(=O)(=O)Cc3ccon3)ccc21.COc1cc(Br)ccc1-n1c(=O)ccc2cc(S(=O)(=O)Cc3ccon3)ccc21.COc1cc(Br)ccc1-n1c(=O)ccc2cc(S(=O)(=O)Oc3c(F)c(F)c(F)c(F)c3F)ccc21. The smallest absolute Gasteiger partial charge is 0.339 e. The molecule has 0 aliphatic carbocycles. The molecule has 0 N–H and O–H groups in total. The number of hydrogen-bond acceptors (Lipinski definition) is 23. The van der Waals surface area contributed by atoms with Gasteiger partial charge in [0.05, 0.1) is 105 Å². The molecule has 9 aromatic carbocycles. The molecular weight excluding hydrogens is 1950 g/mol. The molecule has 0 saturated heterocycles. The van der Waals surface area contributed by atoms with E-state index in [1.165, 1.54) is 132 Å². The van der Waals surface area contributed by atoms with Crippen LogP contribution in [0.15, 0.2) is 301 Å². The maximum Gasteiger partial charge on any atom is 0.339 e. The van der Waals surface area contributed by atoms with E-state index in [0.717, 1.165) is 31.6 Å². The highest BCUT2D eigenvalue weighted by Crippen LogP contribution is 2.37. The molecule has 0 unspecified atom stereocenters. The molecule has 0 spiro atoms. The first-order valence-electron chi connectivity index (χ1n) is 34.9. The molecule has 0 fully saturated rings. The van der Waals surface area contributed by atoms with E-state index in [2.05, 4.69) is 83.4 Å². The molecule has 0 aliphatic rings. The zero-order chi connectivity index (χ0) is 87.4. The molecular formula is C82H56Br4F5N7O20S4. The summed E-state index contributed by atoms with van der Waals surface area (Å²) >= 11 is 13.5. The average molecular weight is 2000 g/mol. The van der Waals surface area contributed by atoms with Gasteiger partial charge in [0.2, 0.25) is 34.8 Å². The van der Waals surface area contributed by atoms with E-state index in [1.54, 1.807) is 127 Å². The summed E-state index contributed by atoms with van der Waals surface area (Å²) in [4.78, 5) is 50.3. The lowest BCUT2D eigenvalue weighted by molar-refractivity contribution is 0.346. The van der Waals surface area contributed by atoms with E-state index in [1.807, 2.05) is 0 Å². The third-order valence-corrected chi connectivity index (χ3v) is 26.3. The number of sulfone groups is 3. The average Bonchev–Trinajstić information content (AvgIpc) is 0.792. The quantitative estimate of drug-likeness (QED) is 0.0296. The van der Waals surface area contributed by atoms with Crippen molar-refractivity contribution in [3.63, 3.8) is 0 Å². The summed E-state index contributed by atoms with van der Waals surface area (Å²) in [5.41, 5.74) is 3.69. The number of hydrogen-bond donors (Lipinski definition) is 0. The Morgan fingerprint density at radius 2 is 0.557 bits per heavy atom. The molecule has 626 valence electrons. The molecule has 0 saturated carbocycles. The molecule has 16 aromatic rings. The Bertz CT molecular complexity index is 7000. The number of rotatable bonds is 20. The first-order chi connectivity index (χ1) is 58.1. The van der Waals surface area contributed by atoms with E-state index >= 15 is 0 Å². The minimum atomic E-state index is -5.06. The molecule has 16 rings (SSSR count). The predicted molar refractivity (Wildman–Crippen MR) is 451 cm³/mol. The van der Waals surface area contributed by atoms with Crippen LogP contribution in [0.1, 0.15) is 17.1 Å². The number of nitrogens with zero attached hydrogens (tertiary/aromatic N) is 7. The summed E-state index contributed by atoms with van der Waals surface area (Å²) in [5.74, 6) is -13.0. The van der Waals surface area contributed by atoms with Crippen LogP contribution < -0.4 is 45.4 Å². The summed E-state index contributed by atoms with van der Waals surface area (Å²) in [7, 11) is -9.96. The molecule has 0 radical (unpaired) electrons. The lowest BCUT2D eigenvalue weighted by atomic mass is 10.2. The van der Waals surface area contributed by atoms with Crippen LogP contribution in [-0.2, 0) is 56.9 Å². The van der Waals surface area contributed by atoms with Crippen molar-refractivity contribution in [2.45, 2.75) is 36.8 Å². The first-order valence-corrected chi connectivity index (χ1v) is 44.5. The molecule has 0 aliphatic heterocycles. The first kappa shape index (κ1) is 87.6. The lowest BCUT2D eigenvalue weighted by Crippen LogP contribution is -2.18. The Labute approximate surface area is 720 Å². The zero-order valence-corrected chi connectivity index (χ0v) is 72.5. The van der Waals surface area contributed by atoms with Crippen LogP contribution in [0.2, 0.25) is 0 Å². The minimum absolute atomic E-state index is 0.140. The van der Waals surface area contributed by atoms with Crippen LogP contribution in [0.5, 0.6) is 28.7 Å². The van der Waals surface area contributed by atoms with Gasteiger partial charge in [-0.2, -0.15) is 17.2 Å². The van der Waals surface area contributed by atoms with Crippen LogP contribution in [0.4, 0.5) is 22.0 Å².